The summed E-state index contributed by atoms with van der Waals surface area (Å²) in [5.41, 5.74) is 15.5. The smallest absolute Gasteiger partial charge is 0.227 e. The van der Waals surface area contributed by atoms with Crippen LogP contribution in [0.25, 0.3) is 105 Å². The Labute approximate surface area is 324 Å². The molecule has 0 radical (unpaired) electrons. The molecule has 2 aromatic heterocycles. The van der Waals surface area contributed by atoms with Crippen molar-refractivity contribution < 1.29 is 4.42 Å². The lowest BCUT2D eigenvalue weighted by molar-refractivity contribution is 0.620. The summed E-state index contributed by atoms with van der Waals surface area (Å²) in [7, 11) is 0. The number of aromatic nitrogens is 2. The Morgan fingerprint density at radius 3 is 1.71 bits per heavy atom. The van der Waals surface area contributed by atoms with Crippen LogP contribution in [0.15, 0.2) is 211 Å². The third-order valence-corrected chi connectivity index (χ3v) is 11.1. The zero-order chi connectivity index (χ0) is 37.0. The number of fused-ring (bicyclic) bond motifs is 5. The third-order valence-electron chi connectivity index (χ3n) is 11.1. The molecule has 56 heavy (non-hydrogen) atoms. The van der Waals surface area contributed by atoms with Crippen molar-refractivity contribution >= 4 is 43.7 Å². The van der Waals surface area contributed by atoms with Crippen molar-refractivity contribution in [1.82, 2.24) is 9.55 Å². The summed E-state index contributed by atoms with van der Waals surface area (Å²) in [6, 6.07) is 73.5. The molecule has 262 valence electrons. The van der Waals surface area contributed by atoms with Gasteiger partial charge in [0.25, 0.3) is 0 Å². The predicted molar refractivity (Wildman–Crippen MR) is 233 cm³/mol. The number of hydrogen-bond donors (Lipinski definition) is 0. The Morgan fingerprint density at radius 2 is 0.911 bits per heavy atom. The number of oxazole rings is 1. The minimum atomic E-state index is 0.615. The molecule has 0 saturated heterocycles. The molecule has 0 bridgehead atoms. The molecule has 3 nitrogen and oxygen atoms in total. The second-order valence-electron chi connectivity index (χ2n) is 14.3. The first-order chi connectivity index (χ1) is 27.8. The van der Waals surface area contributed by atoms with Crippen LogP contribution < -0.4 is 0 Å². The molecule has 11 aromatic rings. The van der Waals surface area contributed by atoms with E-state index in [0.717, 1.165) is 33.5 Å². The molecular weight excluding hydrogens is 681 g/mol. The number of rotatable bonds is 6. The molecule has 0 N–H and O–H groups in total. The van der Waals surface area contributed by atoms with Gasteiger partial charge in [-0.3, -0.25) is 0 Å². The fourth-order valence-corrected chi connectivity index (χ4v) is 8.42. The van der Waals surface area contributed by atoms with Gasteiger partial charge in [0.1, 0.15) is 5.52 Å². The van der Waals surface area contributed by atoms with Crippen LogP contribution in [0.1, 0.15) is 0 Å². The number of hydrogen-bond acceptors (Lipinski definition) is 2. The highest BCUT2D eigenvalue weighted by molar-refractivity contribution is 6.11. The Hall–Kier alpha value is -7.49. The molecule has 0 aliphatic rings. The first-order valence-electron chi connectivity index (χ1n) is 19.0. The number of benzene rings is 9. The van der Waals surface area contributed by atoms with E-state index in [9.17, 15) is 0 Å². The monoisotopic (exact) mass is 714 g/mol. The van der Waals surface area contributed by atoms with Gasteiger partial charge in [-0.05, 0) is 110 Å². The lowest BCUT2D eigenvalue weighted by Crippen LogP contribution is -1.93. The molecule has 0 aliphatic carbocycles. The Morgan fingerprint density at radius 1 is 0.357 bits per heavy atom. The van der Waals surface area contributed by atoms with E-state index < -0.39 is 0 Å². The minimum absolute atomic E-state index is 0.615. The Bertz CT molecular complexity index is 3240. The zero-order valence-electron chi connectivity index (χ0n) is 30.4. The van der Waals surface area contributed by atoms with Crippen LogP contribution in [-0.2, 0) is 0 Å². The van der Waals surface area contributed by atoms with Crippen molar-refractivity contribution in [3.63, 3.8) is 0 Å². The van der Waals surface area contributed by atoms with Gasteiger partial charge in [0.15, 0.2) is 5.58 Å². The summed E-state index contributed by atoms with van der Waals surface area (Å²) in [5, 5.41) is 4.93. The van der Waals surface area contributed by atoms with Crippen LogP contribution in [0, 0.1) is 0 Å². The summed E-state index contributed by atoms with van der Waals surface area (Å²) >= 11 is 0. The topological polar surface area (TPSA) is 31.0 Å². The largest absolute Gasteiger partial charge is 0.436 e. The lowest BCUT2D eigenvalue weighted by atomic mass is 9.89. The second kappa shape index (κ2) is 13.1. The highest BCUT2D eigenvalue weighted by atomic mass is 16.3. The fraction of sp³-hybridized carbons (Fsp3) is 0. The van der Waals surface area contributed by atoms with Crippen LogP contribution in [-0.4, -0.2) is 9.55 Å². The summed E-state index contributed by atoms with van der Waals surface area (Å²) < 4.78 is 8.77. The first kappa shape index (κ1) is 32.0. The van der Waals surface area contributed by atoms with Gasteiger partial charge < -0.3 is 8.98 Å². The second-order valence-corrected chi connectivity index (χ2v) is 14.3. The molecule has 0 fully saturated rings. The molecule has 2 heterocycles. The minimum Gasteiger partial charge on any atom is -0.436 e. The van der Waals surface area contributed by atoms with E-state index in [1.807, 2.05) is 0 Å². The van der Waals surface area contributed by atoms with Gasteiger partial charge in [-0.25, -0.2) is 4.98 Å². The predicted octanol–water partition coefficient (Wildman–Crippen LogP) is 14.4. The van der Waals surface area contributed by atoms with Crippen molar-refractivity contribution in [2.75, 3.05) is 0 Å². The van der Waals surface area contributed by atoms with Crippen molar-refractivity contribution in [2.24, 2.45) is 0 Å². The molecule has 0 spiro atoms. The standard InChI is InChI=1S/C53H34N2O/c1-2-15-40(16-3-1)55-50-24-11-10-22-47(50)48-33-38(30-32-51(48)55)44-19-7-9-21-46(44)45-20-8-6-18-42(45)36-25-27-37(28-26-36)53-54-49-31-29-39(34-52(49)56-53)43-23-12-14-35-13-4-5-17-41(35)43/h1-34H. The van der Waals surface area contributed by atoms with Crippen LogP contribution >= 0.6 is 0 Å². The van der Waals surface area contributed by atoms with Gasteiger partial charge in [-0.2, -0.15) is 0 Å². The van der Waals surface area contributed by atoms with Crippen LogP contribution in [0.4, 0.5) is 0 Å². The third kappa shape index (κ3) is 5.32. The van der Waals surface area contributed by atoms with Gasteiger partial charge in [-0.1, -0.05) is 152 Å². The van der Waals surface area contributed by atoms with Gasteiger partial charge in [0.2, 0.25) is 5.89 Å². The average Bonchev–Trinajstić information content (AvgIpc) is 3.85. The summed E-state index contributed by atoms with van der Waals surface area (Å²) in [6.07, 6.45) is 0. The molecule has 3 heteroatoms. The highest BCUT2D eigenvalue weighted by Gasteiger charge is 2.17. The van der Waals surface area contributed by atoms with Gasteiger partial charge in [-0.15, -0.1) is 0 Å². The molecule has 0 saturated carbocycles. The molecular formula is C53H34N2O. The van der Waals surface area contributed by atoms with Crippen molar-refractivity contribution in [3.05, 3.63) is 206 Å². The number of para-hydroxylation sites is 2. The summed E-state index contributed by atoms with van der Waals surface area (Å²) in [4.78, 5) is 4.88. The maximum absolute atomic E-state index is 6.40. The summed E-state index contributed by atoms with van der Waals surface area (Å²) in [6.45, 7) is 0. The first-order valence-corrected chi connectivity index (χ1v) is 19.0. The van der Waals surface area contributed by atoms with Gasteiger partial charge >= 0.3 is 0 Å². The molecule has 0 aliphatic heterocycles. The molecule has 11 rings (SSSR count). The zero-order valence-corrected chi connectivity index (χ0v) is 30.4. The SMILES string of the molecule is c1ccc(-n2c3ccccc3c3cc(-c4ccccc4-c4ccccc4-c4ccc(-c5nc6ccc(-c7cccc8ccccc78)cc6o5)cc4)ccc32)cc1. The van der Waals surface area contributed by atoms with E-state index in [1.54, 1.807) is 0 Å². The fourth-order valence-electron chi connectivity index (χ4n) is 8.42. The molecule has 0 amide bonds. The Kier molecular flexibility index (Phi) is 7.49. The summed E-state index contributed by atoms with van der Waals surface area (Å²) in [5.74, 6) is 0.615. The van der Waals surface area contributed by atoms with Crippen molar-refractivity contribution in [2.45, 2.75) is 0 Å². The van der Waals surface area contributed by atoms with Crippen LogP contribution in [0.3, 0.4) is 0 Å². The van der Waals surface area contributed by atoms with E-state index >= 15 is 0 Å². The van der Waals surface area contributed by atoms with E-state index in [4.69, 9.17) is 9.40 Å². The van der Waals surface area contributed by atoms with Gasteiger partial charge in [0, 0.05) is 22.0 Å². The van der Waals surface area contributed by atoms with E-state index in [-0.39, 0.29) is 0 Å². The number of nitrogens with zero attached hydrogens (tertiary/aromatic N) is 2. The quantitative estimate of drug-likeness (QED) is 0.172. The van der Waals surface area contributed by atoms with Gasteiger partial charge in [0.05, 0.1) is 11.0 Å². The van der Waals surface area contributed by atoms with E-state index in [1.165, 1.54) is 66.0 Å². The van der Waals surface area contributed by atoms with Crippen molar-refractivity contribution in [1.29, 1.82) is 0 Å². The maximum atomic E-state index is 6.40. The highest BCUT2D eigenvalue weighted by Crippen LogP contribution is 2.41. The van der Waals surface area contributed by atoms with E-state index in [2.05, 4.69) is 211 Å². The molecule has 9 aromatic carbocycles. The lowest BCUT2D eigenvalue weighted by Gasteiger charge is -2.15. The van der Waals surface area contributed by atoms with Crippen LogP contribution in [0.2, 0.25) is 0 Å². The Balaban J connectivity index is 0.951. The van der Waals surface area contributed by atoms with E-state index in [0.29, 0.717) is 5.89 Å². The maximum Gasteiger partial charge on any atom is 0.227 e. The van der Waals surface area contributed by atoms with Crippen LogP contribution in [0.5, 0.6) is 0 Å². The molecule has 0 atom stereocenters. The van der Waals surface area contributed by atoms with Crippen molar-refractivity contribution in [3.8, 4) is 61.6 Å². The normalized spacial score (nSPS) is 11.6. The molecule has 0 unspecified atom stereocenters. The average molecular weight is 715 g/mol.